The molecule has 2 aliphatic rings. The fraction of sp³-hybridized carbons (Fsp3) is 0.375. The molecule has 0 N–H and O–H groups in total. The van der Waals surface area contributed by atoms with E-state index in [9.17, 15) is 18.0 Å². The number of thiazole rings is 1. The SMILES string of the molecule is CCOC(=O)N1CCN(S(=O)(=O)c2ccc(C(=O)N3CC(Oc4nc5c(Cl)cccc5s4)C3)cc2)CC1. The number of para-hydroxylation sites is 1. The van der Waals surface area contributed by atoms with Crippen molar-refractivity contribution < 1.29 is 27.5 Å². The van der Waals surface area contributed by atoms with Gasteiger partial charge in [0.15, 0.2) is 0 Å². The Morgan fingerprint density at radius 1 is 1.05 bits per heavy atom. The van der Waals surface area contributed by atoms with Gasteiger partial charge in [0.2, 0.25) is 10.0 Å². The third-order valence-corrected chi connectivity index (χ3v) is 9.39. The van der Waals surface area contributed by atoms with Gasteiger partial charge in [0.05, 0.1) is 34.3 Å². The van der Waals surface area contributed by atoms with Crippen LogP contribution in [0.4, 0.5) is 4.79 Å². The molecule has 0 unspecified atom stereocenters. The van der Waals surface area contributed by atoms with Crippen LogP contribution >= 0.6 is 22.9 Å². The molecule has 196 valence electrons. The fourth-order valence-corrected chi connectivity index (χ4v) is 6.80. The molecular weight excluding hydrogens is 540 g/mol. The van der Waals surface area contributed by atoms with E-state index in [0.29, 0.717) is 34.4 Å². The minimum absolute atomic E-state index is 0.105. The predicted molar refractivity (Wildman–Crippen MR) is 139 cm³/mol. The first kappa shape index (κ1) is 25.7. The number of likely N-dealkylation sites (tertiary alicyclic amines) is 1. The summed E-state index contributed by atoms with van der Waals surface area (Å²) in [5, 5.41) is 1.08. The van der Waals surface area contributed by atoms with Gasteiger partial charge in [-0.2, -0.15) is 4.31 Å². The van der Waals surface area contributed by atoms with E-state index in [1.807, 2.05) is 12.1 Å². The zero-order valence-corrected chi connectivity index (χ0v) is 22.4. The van der Waals surface area contributed by atoms with Gasteiger partial charge < -0.3 is 19.3 Å². The Labute approximate surface area is 223 Å². The number of benzene rings is 2. The van der Waals surface area contributed by atoms with Crippen molar-refractivity contribution in [3.05, 3.63) is 53.1 Å². The first-order valence-corrected chi connectivity index (χ1v) is 14.4. The van der Waals surface area contributed by atoms with Crippen LogP contribution in [-0.2, 0) is 14.8 Å². The number of hydrogen-bond donors (Lipinski definition) is 0. The number of ether oxygens (including phenoxy) is 2. The van der Waals surface area contributed by atoms with E-state index in [2.05, 4.69) is 4.98 Å². The first-order valence-electron chi connectivity index (χ1n) is 11.8. The first-order chi connectivity index (χ1) is 17.8. The molecule has 1 aromatic heterocycles. The van der Waals surface area contributed by atoms with Crippen molar-refractivity contribution in [1.82, 2.24) is 19.1 Å². The molecule has 2 aromatic carbocycles. The topological polar surface area (TPSA) is 109 Å². The van der Waals surface area contributed by atoms with Crippen LogP contribution in [0.2, 0.25) is 5.02 Å². The number of hydrogen-bond acceptors (Lipinski definition) is 8. The van der Waals surface area contributed by atoms with Crippen molar-refractivity contribution in [1.29, 1.82) is 0 Å². The molecule has 3 heterocycles. The van der Waals surface area contributed by atoms with Crippen molar-refractivity contribution in [2.24, 2.45) is 0 Å². The Morgan fingerprint density at radius 2 is 1.76 bits per heavy atom. The lowest BCUT2D eigenvalue weighted by molar-refractivity contribution is 0.0178. The Balaban J connectivity index is 1.15. The van der Waals surface area contributed by atoms with Gasteiger partial charge in [0.1, 0.15) is 11.6 Å². The summed E-state index contributed by atoms with van der Waals surface area (Å²) in [7, 11) is -3.74. The maximum absolute atomic E-state index is 13.0. The Kier molecular flexibility index (Phi) is 7.26. The average Bonchev–Trinajstić information content (AvgIpc) is 3.30. The van der Waals surface area contributed by atoms with Crippen molar-refractivity contribution in [2.45, 2.75) is 17.9 Å². The van der Waals surface area contributed by atoms with Gasteiger partial charge >= 0.3 is 6.09 Å². The number of carbonyl (C=O) groups is 2. The molecule has 0 atom stereocenters. The number of fused-ring (bicyclic) bond motifs is 1. The lowest BCUT2D eigenvalue weighted by atomic mass is 10.1. The summed E-state index contributed by atoms with van der Waals surface area (Å²) in [5.74, 6) is -0.195. The standard InChI is InChI=1S/C24H25ClN4O6S2/c1-2-34-24(31)27-10-12-29(13-11-27)37(32,33)18-8-6-16(7-9-18)22(30)28-14-17(15-28)35-23-26-21-19(25)4-3-5-20(21)36-23/h3-9,17H,2,10-15H2,1H3. The van der Waals surface area contributed by atoms with Crippen LogP contribution in [0, 0.1) is 0 Å². The quantitative estimate of drug-likeness (QED) is 0.452. The highest BCUT2D eigenvalue weighted by Crippen LogP contribution is 2.33. The second-order valence-electron chi connectivity index (χ2n) is 8.63. The molecule has 2 fully saturated rings. The monoisotopic (exact) mass is 564 g/mol. The molecule has 3 aromatic rings. The summed E-state index contributed by atoms with van der Waals surface area (Å²) in [6.45, 7) is 3.69. The Morgan fingerprint density at radius 3 is 2.41 bits per heavy atom. The van der Waals surface area contributed by atoms with Crippen LogP contribution in [0.1, 0.15) is 17.3 Å². The molecule has 37 heavy (non-hydrogen) atoms. The molecule has 0 bridgehead atoms. The number of piperazine rings is 1. The molecule has 0 aliphatic carbocycles. The van der Waals surface area contributed by atoms with Crippen molar-refractivity contribution in [3.8, 4) is 5.19 Å². The van der Waals surface area contributed by atoms with Gasteiger partial charge in [0, 0.05) is 31.7 Å². The van der Waals surface area contributed by atoms with Crippen LogP contribution in [0.3, 0.4) is 0 Å². The van der Waals surface area contributed by atoms with E-state index in [0.717, 1.165) is 4.70 Å². The summed E-state index contributed by atoms with van der Waals surface area (Å²) in [6, 6.07) is 11.5. The molecule has 10 nitrogen and oxygen atoms in total. The third-order valence-electron chi connectivity index (χ3n) is 6.26. The Bertz CT molecular complexity index is 1410. The minimum Gasteiger partial charge on any atom is -0.463 e. The number of carbonyl (C=O) groups excluding carboxylic acids is 2. The van der Waals surface area contributed by atoms with E-state index in [1.54, 1.807) is 17.9 Å². The fourth-order valence-electron chi connectivity index (χ4n) is 4.19. The summed E-state index contributed by atoms with van der Waals surface area (Å²) in [6.07, 6.45) is -0.610. The highest BCUT2D eigenvalue weighted by atomic mass is 35.5. The summed E-state index contributed by atoms with van der Waals surface area (Å²) >= 11 is 7.58. The molecule has 13 heteroatoms. The normalized spacial score (nSPS) is 17.0. The average molecular weight is 565 g/mol. The molecule has 0 radical (unpaired) electrons. The van der Waals surface area contributed by atoms with E-state index in [1.165, 1.54) is 44.8 Å². The Hall–Kier alpha value is -2.93. The number of halogens is 1. The second kappa shape index (κ2) is 10.4. The maximum atomic E-state index is 13.0. The molecule has 2 amide bonds. The summed E-state index contributed by atoms with van der Waals surface area (Å²) in [5.41, 5.74) is 1.10. The number of nitrogens with zero attached hydrogens (tertiary/aromatic N) is 4. The zero-order chi connectivity index (χ0) is 26.2. The summed E-state index contributed by atoms with van der Waals surface area (Å²) in [4.78, 5) is 32.4. The van der Waals surface area contributed by atoms with Crippen molar-refractivity contribution >= 4 is 55.2 Å². The maximum Gasteiger partial charge on any atom is 0.409 e. The third kappa shape index (κ3) is 5.24. The van der Waals surface area contributed by atoms with E-state index in [-0.39, 0.29) is 49.7 Å². The van der Waals surface area contributed by atoms with Crippen molar-refractivity contribution in [2.75, 3.05) is 45.9 Å². The highest BCUT2D eigenvalue weighted by Gasteiger charge is 2.34. The molecule has 2 saturated heterocycles. The number of aromatic nitrogens is 1. The zero-order valence-electron chi connectivity index (χ0n) is 20.0. The van der Waals surface area contributed by atoms with Gasteiger partial charge in [-0.3, -0.25) is 4.79 Å². The smallest absolute Gasteiger partial charge is 0.409 e. The lowest BCUT2D eigenvalue weighted by Gasteiger charge is -2.38. The largest absolute Gasteiger partial charge is 0.463 e. The molecular formula is C24H25ClN4O6S2. The predicted octanol–water partition coefficient (Wildman–Crippen LogP) is 3.32. The molecule has 5 rings (SSSR count). The number of rotatable bonds is 6. The van der Waals surface area contributed by atoms with Crippen LogP contribution in [0.15, 0.2) is 47.4 Å². The van der Waals surface area contributed by atoms with Crippen LogP contribution in [0.5, 0.6) is 5.19 Å². The van der Waals surface area contributed by atoms with E-state index in [4.69, 9.17) is 21.1 Å². The van der Waals surface area contributed by atoms with Gasteiger partial charge in [-0.1, -0.05) is 29.0 Å². The van der Waals surface area contributed by atoms with E-state index < -0.39 is 16.1 Å². The molecule has 0 spiro atoms. The van der Waals surface area contributed by atoms with Crippen LogP contribution in [0.25, 0.3) is 10.2 Å². The van der Waals surface area contributed by atoms with Gasteiger partial charge in [0.25, 0.3) is 11.1 Å². The molecule has 2 aliphatic heterocycles. The van der Waals surface area contributed by atoms with E-state index >= 15 is 0 Å². The number of amides is 2. The highest BCUT2D eigenvalue weighted by molar-refractivity contribution is 7.89. The van der Waals surface area contributed by atoms with Gasteiger partial charge in [-0.25, -0.2) is 18.2 Å². The second-order valence-corrected chi connectivity index (χ2v) is 12.0. The number of sulfonamides is 1. The molecule has 0 saturated carbocycles. The van der Waals surface area contributed by atoms with Gasteiger partial charge in [-0.05, 0) is 43.3 Å². The lowest BCUT2D eigenvalue weighted by Crippen LogP contribution is -2.56. The van der Waals surface area contributed by atoms with Crippen LogP contribution < -0.4 is 4.74 Å². The van der Waals surface area contributed by atoms with Crippen LogP contribution in [-0.4, -0.2) is 91.5 Å². The van der Waals surface area contributed by atoms with Gasteiger partial charge in [-0.15, -0.1) is 0 Å². The van der Waals surface area contributed by atoms with Crippen molar-refractivity contribution in [3.63, 3.8) is 0 Å². The summed E-state index contributed by atoms with van der Waals surface area (Å²) < 4.78 is 39.2. The minimum atomic E-state index is -3.74.